The lowest BCUT2D eigenvalue weighted by molar-refractivity contribution is -0.701. The Labute approximate surface area is 132 Å². The van der Waals surface area contributed by atoms with Gasteiger partial charge >= 0.3 is 0 Å². The van der Waals surface area contributed by atoms with Gasteiger partial charge in [0.25, 0.3) is 0 Å². The molecule has 0 spiro atoms. The third kappa shape index (κ3) is 5.83. The fourth-order valence-corrected chi connectivity index (χ4v) is 2.35. The van der Waals surface area contributed by atoms with Crippen molar-refractivity contribution >= 4 is 0 Å². The van der Waals surface area contributed by atoms with Crippen LogP contribution in [-0.2, 0) is 13.1 Å². The Bertz CT molecular complexity index is 478. The summed E-state index contributed by atoms with van der Waals surface area (Å²) in [5.41, 5.74) is 2.66. The van der Waals surface area contributed by atoms with Crippen LogP contribution in [0.3, 0.4) is 0 Å². The minimum absolute atomic E-state index is 0. The Morgan fingerprint density at radius 3 is 1.60 bits per heavy atom. The molecule has 0 saturated carbocycles. The third-order valence-corrected chi connectivity index (χ3v) is 3.34. The summed E-state index contributed by atoms with van der Waals surface area (Å²) in [4.78, 5) is 0. The van der Waals surface area contributed by atoms with Gasteiger partial charge in [0, 0.05) is 36.1 Å². The maximum Gasteiger partial charge on any atom is 0.171 e. The van der Waals surface area contributed by atoms with Gasteiger partial charge in [0.05, 0.1) is 0 Å². The smallest absolute Gasteiger partial charge is 0.171 e. The Balaban J connectivity index is 0.00000200. The summed E-state index contributed by atoms with van der Waals surface area (Å²) in [5, 5.41) is 0. The van der Waals surface area contributed by atoms with Crippen molar-refractivity contribution in [2.45, 2.75) is 46.2 Å². The van der Waals surface area contributed by atoms with Gasteiger partial charge in [-0.25, -0.2) is 9.13 Å². The molecule has 0 saturated heterocycles. The van der Waals surface area contributed by atoms with Crippen LogP contribution in [0.25, 0.3) is 0 Å². The predicted molar refractivity (Wildman–Crippen MR) is 76.6 cm³/mol. The zero-order valence-electron chi connectivity index (χ0n) is 12.4. The number of nitrogens with zero attached hydrogens (tertiary/aromatic N) is 2. The maximum absolute atomic E-state index is 2.29. The summed E-state index contributed by atoms with van der Waals surface area (Å²) in [5.74, 6) is 0. The van der Waals surface area contributed by atoms with E-state index in [0.717, 1.165) is 13.1 Å². The van der Waals surface area contributed by atoms with Crippen LogP contribution in [0.1, 0.15) is 30.4 Å². The number of hydrogen-bond donors (Lipinski definition) is 0. The van der Waals surface area contributed by atoms with Crippen LogP contribution in [0, 0.1) is 13.8 Å². The SMILES string of the molecule is Cc1ccc[n+](CCCCC[n+]2cccc(C)c2)c1.[Br-]. The summed E-state index contributed by atoms with van der Waals surface area (Å²) in [6.07, 6.45) is 12.5. The second kappa shape index (κ2) is 8.85. The van der Waals surface area contributed by atoms with Crippen LogP contribution in [0.5, 0.6) is 0 Å². The summed E-state index contributed by atoms with van der Waals surface area (Å²) >= 11 is 0. The van der Waals surface area contributed by atoms with E-state index in [9.17, 15) is 0 Å². The second-order valence-electron chi connectivity index (χ2n) is 5.30. The van der Waals surface area contributed by atoms with Crippen molar-refractivity contribution in [3.63, 3.8) is 0 Å². The van der Waals surface area contributed by atoms with E-state index >= 15 is 0 Å². The van der Waals surface area contributed by atoms with Crippen molar-refractivity contribution in [3.05, 3.63) is 60.2 Å². The standard InChI is InChI=1S/C17H24N2.BrH/c1-16-8-6-12-18(14-16)10-4-3-5-11-19-13-7-9-17(2)15-19;/h6-9,12-15H,3-5,10-11H2,1-2H3;1H/q+2;/p-1. The Morgan fingerprint density at radius 2 is 1.20 bits per heavy atom. The second-order valence-corrected chi connectivity index (χ2v) is 5.30. The molecule has 2 heterocycles. The molecule has 0 aliphatic carbocycles. The highest BCUT2D eigenvalue weighted by atomic mass is 79.9. The number of aryl methyl sites for hydroxylation is 4. The highest BCUT2D eigenvalue weighted by Crippen LogP contribution is 1.97. The minimum Gasteiger partial charge on any atom is -1.00 e. The van der Waals surface area contributed by atoms with E-state index in [2.05, 4.69) is 72.0 Å². The molecule has 2 aromatic heterocycles. The van der Waals surface area contributed by atoms with E-state index in [0.29, 0.717) is 0 Å². The monoisotopic (exact) mass is 335 g/mol. The molecule has 0 amide bonds. The first kappa shape index (κ1) is 16.8. The molecular formula is C17H24BrN2+. The molecule has 20 heavy (non-hydrogen) atoms. The first-order valence-corrected chi connectivity index (χ1v) is 7.15. The molecule has 0 aromatic carbocycles. The lowest BCUT2D eigenvalue weighted by Crippen LogP contribution is -3.00. The summed E-state index contributed by atoms with van der Waals surface area (Å²) in [6.45, 7) is 6.54. The first-order valence-electron chi connectivity index (χ1n) is 7.15. The van der Waals surface area contributed by atoms with Gasteiger partial charge in [-0.3, -0.25) is 0 Å². The average Bonchev–Trinajstić information content (AvgIpc) is 2.38. The van der Waals surface area contributed by atoms with Gasteiger partial charge in [-0.2, -0.15) is 0 Å². The molecule has 0 aliphatic rings. The number of pyridine rings is 2. The van der Waals surface area contributed by atoms with Gasteiger partial charge < -0.3 is 17.0 Å². The van der Waals surface area contributed by atoms with E-state index in [1.165, 1.54) is 30.4 Å². The normalized spacial score (nSPS) is 10.1. The number of hydrogen-bond acceptors (Lipinski definition) is 0. The van der Waals surface area contributed by atoms with Gasteiger partial charge in [0.1, 0.15) is 13.1 Å². The van der Waals surface area contributed by atoms with Crippen molar-refractivity contribution in [1.29, 1.82) is 0 Å². The van der Waals surface area contributed by atoms with Crippen LogP contribution in [-0.4, -0.2) is 0 Å². The summed E-state index contributed by atoms with van der Waals surface area (Å²) in [7, 11) is 0. The molecule has 0 N–H and O–H groups in total. The molecule has 108 valence electrons. The van der Waals surface area contributed by atoms with Crippen molar-refractivity contribution in [2.75, 3.05) is 0 Å². The highest BCUT2D eigenvalue weighted by molar-refractivity contribution is 5.01. The van der Waals surface area contributed by atoms with Crippen LogP contribution in [0.15, 0.2) is 49.1 Å². The first-order chi connectivity index (χ1) is 9.24. The third-order valence-electron chi connectivity index (χ3n) is 3.34. The highest BCUT2D eigenvalue weighted by Gasteiger charge is 2.02. The molecule has 2 rings (SSSR count). The molecule has 3 heteroatoms. The predicted octanol–water partition coefficient (Wildman–Crippen LogP) is -0.247. The Kier molecular flexibility index (Phi) is 7.45. The van der Waals surface area contributed by atoms with Gasteiger partial charge in [0.2, 0.25) is 0 Å². The Hall–Kier alpha value is -1.22. The minimum atomic E-state index is 0. The van der Waals surface area contributed by atoms with Gasteiger partial charge in [0.15, 0.2) is 24.8 Å². The zero-order chi connectivity index (χ0) is 13.5. The average molecular weight is 336 g/mol. The molecule has 0 radical (unpaired) electrons. The van der Waals surface area contributed by atoms with Gasteiger partial charge in [-0.15, -0.1) is 0 Å². The molecule has 0 fully saturated rings. The van der Waals surface area contributed by atoms with E-state index in [1.54, 1.807) is 0 Å². The van der Waals surface area contributed by atoms with Crippen molar-refractivity contribution in [1.82, 2.24) is 0 Å². The maximum atomic E-state index is 2.29. The van der Waals surface area contributed by atoms with Crippen LogP contribution < -0.4 is 26.1 Å². The lowest BCUT2D eigenvalue weighted by atomic mass is 10.2. The number of unbranched alkanes of at least 4 members (excludes halogenated alkanes) is 2. The molecule has 2 aromatic rings. The van der Waals surface area contributed by atoms with Gasteiger partial charge in [-0.1, -0.05) is 0 Å². The lowest BCUT2D eigenvalue weighted by Gasteiger charge is -1.99. The fraction of sp³-hybridized carbons (Fsp3) is 0.412. The number of halogens is 1. The van der Waals surface area contributed by atoms with E-state index in [1.807, 2.05) is 0 Å². The van der Waals surface area contributed by atoms with E-state index in [-0.39, 0.29) is 17.0 Å². The molecule has 2 nitrogen and oxygen atoms in total. The molecule has 0 aliphatic heterocycles. The molecular weight excluding hydrogens is 312 g/mol. The van der Waals surface area contributed by atoms with E-state index in [4.69, 9.17) is 0 Å². The topological polar surface area (TPSA) is 7.76 Å². The zero-order valence-corrected chi connectivity index (χ0v) is 14.0. The quantitative estimate of drug-likeness (QED) is 0.508. The number of rotatable bonds is 6. The fourth-order valence-electron chi connectivity index (χ4n) is 2.35. The van der Waals surface area contributed by atoms with Crippen LogP contribution in [0.4, 0.5) is 0 Å². The van der Waals surface area contributed by atoms with Crippen LogP contribution >= 0.6 is 0 Å². The van der Waals surface area contributed by atoms with Gasteiger partial charge in [-0.05, 0) is 32.4 Å². The van der Waals surface area contributed by atoms with Crippen molar-refractivity contribution in [3.8, 4) is 0 Å². The molecule has 0 unspecified atom stereocenters. The van der Waals surface area contributed by atoms with E-state index < -0.39 is 0 Å². The van der Waals surface area contributed by atoms with Crippen molar-refractivity contribution < 1.29 is 26.1 Å². The largest absolute Gasteiger partial charge is 1.00 e. The van der Waals surface area contributed by atoms with Crippen LogP contribution in [0.2, 0.25) is 0 Å². The molecule has 0 bridgehead atoms. The number of aromatic nitrogens is 2. The Morgan fingerprint density at radius 1 is 0.750 bits per heavy atom. The summed E-state index contributed by atoms with van der Waals surface area (Å²) in [6, 6.07) is 8.53. The molecule has 0 atom stereocenters. The van der Waals surface area contributed by atoms with Crippen molar-refractivity contribution in [2.24, 2.45) is 0 Å². The summed E-state index contributed by atoms with van der Waals surface area (Å²) < 4.78 is 4.57.